The zero-order valence-corrected chi connectivity index (χ0v) is 32.8. The fourth-order valence-corrected chi connectivity index (χ4v) is 24.8. The molecule has 0 aromatic rings. The van der Waals surface area contributed by atoms with Crippen LogP contribution in [0, 0.1) is 0 Å². The highest BCUT2D eigenvalue weighted by Gasteiger charge is 2.36. The molecule has 0 fully saturated rings. The predicted molar refractivity (Wildman–Crippen MR) is 213 cm³/mol. The molecule has 2 N–H and O–H groups in total. The number of hydrogen-bond donors (Lipinski definition) is 2. The van der Waals surface area contributed by atoms with E-state index in [0.29, 0.717) is 9.81 Å². The molecule has 0 radical (unpaired) electrons. The first kappa shape index (κ1) is 32.5. The predicted octanol–water partition coefficient (Wildman–Crippen LogP) is 13.4. The Labute approximate surface area is 308 Å². The third-order valence-electron chi connectivity index (χ3n) is 4.67. The normalized spacial score (nSPS) is 24.5. The molecule has 0 aromatic heterocycles. The van der Waals surface area contributed by atoms with Gasteiger partial charge < -0.3 is 10.2 Å². The summed E-state index contributed by atoms with van der Waals surface area (Å²) in [6.07, 6.45) is 0. The standard InChI is InChI=1S/2C11H4O2S8/c2*12-5(13)4-3-16-7(17-4)9-20-10-11(21-9)19-8(18-10)6-14-1-2-15-6/h2*1-3H,(H,12,13). The number of carboxylic acids is 2. The molecule has 42 heavy (non-hydrogen) atoms. The number of hydrogen-bond acceptors (Lipinski definition) is 18. The van der Waals surface area contributed by atoms with E-state index < -0.39 is 11.9 Å². The molecule has 8 aliphatic heterocycles. The molecule has 20 heteroatoms. The summed E-state index contributed by atoms with van der Waals surface area (Å²) in [5, 5.41) is 30.0. The summed E-state index contributed by atoms with van der Waals surface area (Å²) in [6.45, 7) is 0. The third kappa shape index (κ3) is 7.33. The van der Waals surface area contributed by atoms with Crippen molar-refractivity contribution >= 4 is 200 Å². The Morgan fingerprint density at radius 3 is 0.881 bits per heavy atom. The van der Waals surface area contributed by atoms with Gasteiger partial charge in [-0.15, -0.1) is 0 Å². The first-order valence-electron chi connectivity index (χ1n) is 10.8. The Kier molecular flexibility index (Phi) is 11.3. The summed E-state index contributed by atoms with van der Waals surface area (Å²) in [7, 11) is 0. The zero-order valence-electron chi connectivity index (χ0n) is 19.7. The van der Waals surface area contributed by atoms with Crippen LogP contribution in [0.3, 0.4) is 0 Å². The summed E-state index contributed by atoms with van der Waals surface area (Å²) < 4.78 is 15.5. The van der Waals surface area contributed by atoms with E-state index in [9.17, 15) is 9.59 Å². The van der Waals surface area contributed by atoms with Crippen LogP contribution in [0.2, 0.25) is 0 Å². The molecule has 0 aliphatic carbocycles. The molecule has 0 atom stereocenters. The van der Waals surface area contributed by atoms with E-state index in [2.05, 4.69) is 21.6 Å². The summed E-state index contributed by atoms with van der Waals surface area (Å²) >= 11 is 27.4. The van der Waals surface area contributed by atoms with Gasteiger partial charge >= 0.3 is 11.9 Å². The van der Waals surface area contributed by atoms with Gasteiger partial charge in [0.15, 0.2) is 0 Å². The van der Waals surface area contributed by atoms with Gasteiger partial charge in [0.2, 0.25) is 0 Å². The minimum absolute atomic E-state index is 0.420. The molecule has 8 aliphatic rings. The fourth-order valence-electron chi connectivity index (χ4n) is 2.99. The second-order valence-electron chi connectivity index (χ2n) is 7.30. The van der Waals surface area contributed by atoms with Crippen LogP contribution >= 0.6 is 188 Å². The average molecular weight is 849 g/mol. The molecule has 0 unspecified atom stereocenters. The number of rotatable bonds is 2. The fraction of sp³-hybridized carbons (Fsp3) is 0. The third-order valence-corrected chi connectivity index (χ3v) is 27.0. The van der Waals surface area contributed by atoms with Gasteiger partial charge in [-0.1, -0.05) is 188 Å². The molecule has 0 saturated carbocycles. The number of carbonyl (C=O) groups is 2. The topological polar surface area (TPSA) is 74.6 Å². The van der Waals surface area contributed by atoms with E-state index in [4.69, 9.17) is 10.2 Å². The molecule has 8 heterocycles. The van der Waals surface area contributed by atoms with Crippen LogP contribution < -0.4 is 0 Å². The lowest BCUT2D eigenvalue weighted by Gasteiger charge is -2.06. The maximum Gasteiger partial charge on any atom is 0.343 e. The van der Waals surface area contributed by atoms with Gasteiger partial charge in [-0.25, -0.2) is 9.59 Å². The number of carboxylic acid groups (broad SMARTS) is 2. The van der Waals surface area contributed by atoms with Crippen molar-refractivity contribution in [3.8, 4) is 0 Å². The Hall–Kier alpha value is 1.94. The second-order valence-corrected chi connectivity index (χ2v) is 26.1. The van der Waals surface area contributed by atoms with Crippen LogP contribution in [0.4, 0.5) is 0 Å². The smallest absolute Gasteiger partial charge is 0.343 e. The van der Waals surface area contributed by atoms with E-state index >= 15 is 0 Å². The van der Waals surface area contributed by atoms with Crippen molar-refractivity contribution in [3.63, 3.8) is 0 Å². The van der Waals surface area contributed by atoms with Gasteiger partial charge in [0.25, 0.3) is 0 Å². The molecule has 0 amide bonds. The molecule has 0 aromatic carbocycles. The molecule has 0 spiro atoms. The molecule has 216 valence electrons. The molecule has 0 saturated heterocycles. The molecular formula is C22H8O4S16. The van der Waals surface area contributed by atoms with Crippen molar-refractivity contribution < 1.29 is 19.8 Å². The largest absolute Gasteiger partial charge is 0.477 e. The van der Waals surface area contributed by atoms with E-state index in [1.165, 1.54) is 89.4 Å². The monoisotopic (exact) mass is 848 g/mol. The second kappa shape index (κ2) is 14.6. The van der Waals surface area contributed by atoms with Gasteiger partial charge in [-0.3, -0.25) is 0 Å². The van der Waals surface area contributed by atoms with Gasteiger partial charge in [-0.05, 0) is 32.4 Å². The van der Waals surface area contributed by atoms with Crippen LogP contribution in [0.1, 0.15) is 0 Å². The lowest BCUT2D eigenvalue weighted by Crippen LogP contribution is -1.92. The number of thioether (sulfide) groups is 16. The van der Waals surface area contributed by atoms with E-state index in [0.717, 1.165) is 8.47 Å². The summed E-state index contributed by atoms with van der Waals surface area (Å²) in [5.41, 5.74) is 0. The molecule has 8 rings (SSSR count). The molecule has 4 nitrogen and oxygen atoms in total. The van der Waals surface area contributed by atoms with Crippen molar-refractivity contribution in [2.75, 3.05) is 0 Å². The quantitative estimate of drug-likeness (QED) is 0.277. The van der Waals surface area contributed by atoms with Crippen molar-refractivity contribution in [1.29, 1.82) is 0 Å². The van der Waals surface area contributed by atoms with Gasteiger partial charge in [0.05, 0.1) is 50.8 Å². The Morgan fingerprint density at radius 1 is 0.357 bits per heavy atom. The highest BCUT2D eigenvalue weighted by molar-refractivity contribution is 8.50. The van der Waals surface area contributed by atoms with Crippen LogP contribution in [0.25, 0.3) is 0 Å². The maximum atomic E-state index is 11.0. The Balaban J connectivity index is 0.000000137. The van der Waals surface area contributed by atoms with Crippen LogP contribution in [0.15, 0.2) is 93.1 Å². The van der Waals surface area contributed by atoms with Gasteiger partial charge in [0, 0.05) is 0 Å². The number of aliphatic carboxylic acids is 2. The van der Waals surface area contributed by atoms with Crippen LogP contribution in [-0.4, -0.2) is 22.2 Å². The average Bonchev–Trinajstić information content (AvgIpc) is 3.81. The molecule has 0 bridgehead atoms. The SMILES string of the molecule is O=C(O)C1=CSC(=C2SC3=C(SC(=C4SC=CS4)S3)S2)S1.O=C(O)C1=CSC(=C2SC3=C(SC(=C4SC=CS4)S3)S2)S1. The highest BCUT2D eigenvalue weighted by atomic mass is 32.3. The lowest BCUT2D eigenvalue weighted by atomic mass is 10.7. The summed E-state index contributed by atoms with van der Waals surface area (Å²) in [5.74, 6) is -1.68. The van der Waals surface area contributed by atoms with Crippen molar-refractivity contribution in [3.05, 3.63) is 93.1 Å². The van der Waals surface area contributed by atoms with E-state index in [1.54, 1.807) is 105 Å². The first-order valence-corrected chi connectivity index (χ1v) is 24.3. The van der Waals surface area contributed by atoms with Gasteiger partial charge in [-0.2, -0.15) is 0 Å². The summed E-state index contributed by atoms with van der Waals surface area (Å²) in [4.78, 5) is 22.8. The van der Waals surface area contributed by atoms with Crippen molar-refractivity contribution in [2.24, 2.45) is 0 Å². The van der Waals surface area contributed by atoms with Crippen LogP contribution in [-0.2, 0) is 9.59 Å². The van der Waals surface area contributed by atoms with Crippen LogP contribution in [0.5, 0.6) is 0 Å². The minimum atomic E-state index is -0.838. The summed E-state index contributed by atoms with van der Waals surface area (Å²) in [6, 6.07) is 0. The highest BCUT2D eigenvalue weighted by Crippen LogP contribution is 2.72. The zero-order chi connectivity index (χ0) is 28.8. The maximum absolute atomic E-state index is 11.0. The Bertz CT molecular complexity index is 1450. The first-order chi connectivity index (χ1) is 20.4. The van der Waals surface area contributed by atoms with Crippen molar-refractivity contribution in [2.45, 2.75) is 0 Å². The van der Waals surface area contributed by atoms with E-state index in [-0.39, 0.29) is 0 Å². The van der Waals surface area contributed by atoms with Crippen molar-refractivity contribution in [1.82, 2.24) is 0 Å². The Morgan fingerprint density at radius 2 is 0.619 bits per heavy atom. The minimum Gasteiger partial charge on any atom is -0.477 e. The molecular weight excluding hydrogens is 841 g/mol. The van der Waals surface area contributed by atoms with E-state index in [1.807, 2.05) is 47.0 Å². The van der Waals surface area contributed by atoms with Gasteiger partial charge in [0.1, 0.15) is 9.81 Å². The lowest BCUT2D eigenvalue weighted by molar-refractivity contribution is -0.132.